The summed E-state index contributed by atoms with van der Waals surface area (Å²) in [5.74, 6) is 0. The van der Waals surface area contributed by atoms with Gasteiger partial charge >= 0.3 is 0 Å². The van der Waals surface area contributed by atoms with E-state index in [9.17, 15) is 0 Å². The molecule has 0 unspecified atom stereocenters. The maximum atomic E-state index is 8.73. The van der Waals surface area contributed by atoms with Crippen molar-refractivity contribution in [3.8, 4) is 6.07 Å². The van der Waals surface area contributed by atoms with Crippen molar-refractivity contribution in [2.24, 2.45) is 5.73 Å². The third-order valence-corrected chi connectivity index (χ3v) is 2.00. The smallest absolute Gasteiger partial charge is 0.0995 e. The monoisotopic (exact) mass is 180 g/mol. The molecule has 0 bridgehead atoms. The minimum absolute atomic E-state index is 0.308. The fourth-order valence-corrected chi connectivity index (χ4v) is 1.43. The molecule has 0 spiro atoms. The van der Waals surface area contributed by atoms with Gasteiger partial charge in [-0.05, 0) is 24.6 Å². The van der Waals surface area contributed by atoms with Gasteiger partial charge in [-0.2, -0.15) is 5.26 Å². The first-order valence-corrected chi connectivity index (χ1v) is 3.96. The molecule has 0 aliphatic heterocycles. The average Bonchev–Trinajstić information content (AvgIpc) is 2.03. The first-order chi connectivity index (χ1) is 5.69. The quantitative estimate of drug-likeness (QED) is 0.719. The first-order valence-electron chi connectivity index (χ1n) is 3.58. The molecule has 0 aromatic heterocycles. The van der Waals surface area contributed by atoms with E-state index in [1.165, 1.54) is 0 Å². The predicted octanol–water partition coefficient (Wildman–Crippen LogP) is 1.98. The maximum absolute atomic E-state index is 8.73. The molecule has 0 aliphatic rings. The van der Waals surface area contributed by atoms with Crippen LogP contribution in [0.25, 0.3) is 0 Å². The Morgan fingerprint density at radius 3 is 2.75 bits per heavy atom. The van der Waals surface area contributed by atoms with Gasteiger partial charge in [0.15, 0.2) is 0 Å². The zero-order valence-electron chi connectivity index (χ0n) is 6.76. The lowest BCUT2D eigenvalue weighted by Crippen LogP contribution is -2.00. The minimum Gasteiger partial charge on any atom is -0.326 e. The molecule has 0 atom stereocenters. The van der Waals surface area contributed by atoms with E-state index in [1.807, 2.05) is 13.0 Å². The standard InChI is InChI=1S/C9H9ClN2/c1-6-2-7(4-11)8(5-12)9(10)3-6/h2-3H,5,12H2,1H3. The highest BCUT2D eigenvalue weighted by Gasteiger charge is 2.05. The normalized spacial score (nSPS) is 9.50. The highest BCUT2D eigenvalue weighted by atomic mass is 35.5. The van der Waals surface area contributed by atoms with E-state index in [1.54, 1.807) is 6.07 Å². The number of nitrogens with zero attached hydrogens (tertiary/aromatic N) is 1. The Hall–Kier alpha value is -1.04. The lowest BCUT2D eigenvalue weighted by molar-refractivity contribution is 1.06. The summed E-state index contributed by atoms with van der Waals surface area (Å²) in [5, 5.41) is 9.31. The molecule has 3 heteroatoms. The van der Waals surface area contributed by atoms with Crippen LogP contribution in [0.15, 0.2) is 12.1 Å². The van der Waals surface area contributed by atoms with Crippen LogP contribution in [-0.2, 0) is 6.54 Å². The molecule has 0 radical (unpaired) electrons. The third-order valence-electron chi connectivity index (χ3n) is 1.66. The van der Waals surface area contributed by atoms with E-state index >= 15 is 0 Å². The van der Waals surface area contributed by atoms with Gasteiger partial charge in [0.2, 0.25) is 0 Å². The van der Waals surface area contributed by atoms with Crippen molar-refractivity contribution in [3.05, 3.63) is 33.8 Å². The molecule has 0 aliphatic carbocycles. The van der Waals surface area contributed by atoms with E-state index in [2.05, 4.69) is 6.07 Å². The highest BCUT2D eigenvalue weighted by molar-refractivity contribution is 6.31. The lowest BCUT2D eigenvalue weighted by Gasteiger charge is -2.04. The molecular formula is C9H9ClN2. The second-order valence-corrected chi connectivity index (χ2v) is 3.00. The Morgan fingerprint density at radius 1 is 1.58 bits per heavy atom. The average molecular weight is 181 g/mol. The van der Waals surface area contributed by atoms with Crippen LogP contribution in [0.2, 0.25) is 5.02 Å². The van der Waals surface area contributed by atoms with Crippen LogP contribution in [0.3, 0.4) is 0 Å². The van der Waals surface area contributed by atoms with Crippen LogP contribution >= 0.6 is 11.6 Å². The summed E-state index contributed by atoms with van der Waals surface area (Å²) in [5.41, 5.74) is 7.72. The van der Waals surface area contributed by atoms with Crippen LogP contribution in [-0.4, -0.2) is 0 Å². The van der Waals surface area contributed by atoms with E-state index in [0.717, 1.165) is 11.1 Å². The highest BCUT2D eigenvalue weighted by Crippen LogP contribution is 2.21. The van der Waals surface area contributed by atoms with Gasteiger partial charge in [-0.1, -0.05) is 11.6 Å². The summed E-state index contributed by atoms with van der Waals surface area (Å²) < 4.78 is 0. The van der Waals surface area contributed by atoms with Crippen molar-refractivity contribution >= 4 is 11.6 Å². The zero-order valence-corrected chi connectivity index (χ0v) is 7.52. The van der Waals surface area contributed by atoms with Gasteiger partial charge in [-0.15, -0.1) is 0 Å². The number of hydrogen-bond donors (Lipinski definition) is 1. The van der Waals surface area contributed by atoms with E-state index in [0.29, 0.717) is 17.1 Å². The van der Waals surface area contributed by atoms with Crippen LogP contribution in [0.1, 0.15) is 16.7 Å². The lowest BCUT2D eigenvalue weighted by atomic mass is 10.1. The van der Waals surface area contributed by atoms with Gasteiger partial charge in [-0.3, -0.25) is 0 Å². The second kappa shape index (κ2) is 3.57. The van der Waals surface area contributed by atoms with Crippen molar-refractivity contribution in [1.29, 1.82) is 5.26 Å². The number of rotatable bonds is 1. The molecule has 0 fully saturated rings. The van der Waals surface area contributed by atoms with Crippen LogP contribution < -0.4 is 5.73 Å². The largest absolute Gasteiger partial charge is 0.326 e. The molecule has 0 amide bonds. The number of nitrogens with two attached hydrogens (primary N) is 1. The summed E-state index contributed by atoms with van der Waals surface area (Å²) in [6, 6.07) is 5.66. The first kappa shape index (κ1) is 9.05. The topological polar surface area (TPSA) is 49.8 Å². The van der Waals surface area contributed by atoms with Crippen LogP contribution in [0.5, 0.6) is 0 Å². The fourth-order valence-electron chi connectivity index (χ4n) is 1.08. The molecule has 1 rings (SSSR count). The van der Waals surface area contributed by atoms with E-state index in [4.69, 9.17) is 22.6 Å². The molecule has 2 N–H and O–H groups in total. The second-order valence-electron chi connectivity index (χ2n) is 2.59. The van der Waals surface area contributed by atoms with Crippen molar-refractivity contribution in [1.82, 2.24) is 0 Å². The van der Waals surface area contributed by atoms with Crippen molar-refractivity contribution in [2.45, 2.75) is 13.5 Å². The Kier molecular flexibility index (Phi) is 2.69. The molecular weight excluding hydrogens is 172 g/mol. The van der Waals surface area contributed by atoms with E-state index < -0.39 is 0 Å². The van der Waals surface area contributed by atoms with Gasteiger partial charge in [0, 0.05) is 17.1 Å². The van der Waals surface area contributed by atoms with Gasteiger partial charge in [0.1, 0.15) is 0 Å². The summed E-state index contributed by atoms with van der Waals surface area (Å²) in [4.78, 5) is 0. The van der Waals surface area contributed by atoms with Crippen LogP contribution in [0.4, 0.5) is 0 Å². The minimum atomic E-state index is 0.308. The summed E-state index contributed by atoms with van der Waals surface area (Å²) in [6.07, 6.45) is 0. The van der Waals surface area contributed by atoms with Crippen molar-refractivity contribution < 1.29 is 0 Å². The Labute approximate surface area is 76.6 Å². The molecule has 12 heavy (non-hydrogen) atoms. The zero-order chi connectivity index (χ0) is 9.14. The van der Waals surface area contributed by atoms with Crippen LogP contribution in [0, 0.1) is 18.3 Å². The third kappa shape index (κ3) is 1.58. The summed E-state index contributed by atoms with van der Waals surface area (Å²) >= 11 is 5.88. The Bertz CT molecular complexity index is 339. The molecule has 62 valence electrons. The number of halogens is 1. The molecule has 1 aromatic rings. The van der Waals surface area contributed by atoms with Gasteiger partial charge in [0.05, 0.1) is 11.6 Å². The maximum Gasteiger partial charge on any atom is 0.0995 e. The van der Waals surface area contributed by atoms with Crippen molar-refractivity contribution in [3.63, 3.8) is 0 Å². The van der Waals surface area contributed by atoms with E-state index in [-0.39, 0.29) is 0 Å². The van der Waals surface area contributed by atoms with Crippen molar-refractivity contribution in [2.75, 3.05) is 0 Å². The summed E-state index contributed by atoms with van der Waals surface area (Å²) in [6.45, 7) is 2.20. The number of nitriles is 1. The number of aryl methyl sites for hydroxylation is 1. The number of benzene rings is 1. The Morgan fingerprint density at radius 2 is 2.25 bits per heavy atom. The molecule has 1 aromatic carbocycles. The predicted molar refractivity (Wildman–Crippen MR) is 48.8 cm³/mol. The molecule has 0 saturated heterocycles. The Balaban J connectivity index is 3.36. The molecule has 0 heterocycles. The molecule has 2 nitrogen and oxygen atoms in total. The van der Waals surface area contributed by atoms with Gasteiger partial charge < -0.3 is 5.73 Å². The van der Waals surface area contributed by atoms with Gasteiger partial charge in [-0.25, -0.2) is 0 Å². The number of hydrogen-bond acceptors (Lipinski definition) is 2. The van der Waals surface area contributed by atoms with Gasteiger partial charge in [0.25, 0.3) is 0 Å². The SMILES string of the molecule is Cc1cc(Cl)c(CN)c(C#N)c1. The fraction of sp³-hybridized carbons (Fsp3) is 0.222. The molecule has 0 saturated carbocycles. The summed E-state index contributed by atoms with van der Waals surface area (Å²) in [7, 11) is 0.